The monoisotopic (exact) mass is 326 g/mol. The molecule has 3 N–H and O–H groups in total. The lowest BCUT2D eigenvalue weighted by molar-refractivity contribution is 0.155. The minimum absolute atomic E-state index is 0.0362. The molecule has 1 atom stereocenters. The van der Waals surface area contributed by atoms with Crippen molar-refractivity contribution in [2.75, 3.05) is 18.9 Å². The van der Waals surface area contributed by atoms with Gasteiger partial charge in [0.25, 0.3) is 0 Å². The summed E-state index contributed by atoms with van der Waals surface area (Å²) in [5.74, 6) is 1.01. The summed E-state index contributed by atoms with van der Waals surface area (Å²) in [6, 6.07) is 6.17. The first-order valence-corrected chi connectivity index (χ1v) is 8.57. The van der Waals surface area contributed by atoms with Gasteiger partial charge in [0.2, 0.25) is 0 Å². The van der Waals surface area contributed by atoms with E-state index in [1.165, 1.54) is 12.1 Å². The average Bonchev–Trinajstić information content (AvgIpc) is 3.34. The van der Waals surface area contributed by atoms with Crippen LogP contribution < -0.4 is 10.6 Å². The molecule has 4 nitrogen and oxygen atoms in total. The Labute approximate surface area is 134 Å². The second kappa shape index (κ2) is 7.83. The molecule has 22 heavy (non-hydrogen) atoms. The zero-order valence-electron chi connectivity index (χ0n) is 12.8. The van der Waals surface area contributed by atoms with E-state index < -0.39 is 5.54 Å². The molecule has 0 saturated heterocycles. The van der Waals surface area contributed by atoms with Crippen molar-refractivity contribution in [1.82, 2.24) is 10.6 Å². The number of aliphatic hydroxyl groups is 1. The van der Waals surface area contributed by atoms with Crippen molar-refractivity contribution in [3.05, 3.63) is 30.1 Å². The van der Waals surface area contributed by atoms with E-state index in [0.717, 1.165) is 29.9 Å². The third-order valence-corrected chi connectivity index (χ3v) is 4.99. The molecule has 2 rings (SSSR count). The number of aliphatic hydroxyl groups excluding tert-OH is 1. The topological polar surface area (TPSA) is 61.4 Å². The van der Waals surface area contributed by atoms with E-state index in [0.29, 0.717) is 12.5 Å². The molecular weight excluding hydrogens is 303 g/mol. The molecule has 0 spiro atoms. The molecule has 0 heterocycles. The van der Waals surface area contributed by atoms with Crippen LogP contribution in [0.2, 0.25) is 0 Å². The van der Waals surface area contributed by atoms with Crippen LogP contribution in [-0.2, 0) is 0 Å². The van der Waals surface area contributed by atoms with Gasteiger partial charge in [-0.15, -0.1) is 11.8 Å². The number of carbonyl (C=O) groups excluding carboxylic acids is 1. The van der Waals surface area contributed by atoms with Gasteiger partial charge in [0.1, 0.15) is 5.82 Å². The number of rotatable bonds is 8. The van der Waals surface area contributed by atoms with E-state index in [9.17, 15) is 14.3 Å². The fourth-order valence-corrected chi connectivity index (χ4v) is 3.14. The highest BCUT2D eigenvalue weighted by molar-refractivity contribution is 7.99. The summed E-state index contributed by atoms with van der Waals surface area (Å²) in [5, 5.41) is 15.1. The van der Waals surface area contributed by atoms with Crippen molar-refractivity contribution in [3.63, 3.8) is 0 Å². The molecule has 2 amide bonds. The van der Waals surface area contributed by atoms with Crippen molar-refractivity contribution in [2.45, 2.75) is 36.6 Å². The van der Waals surface area contributed by atoms with Gasteiger partial charge >= 0.3 is 6.03 Å². The van der Waals surface area contributed by atoms with Gasteiger partial charge in [0, 0.05) is 11.4 Å². The Balaban J connectivity index is 1.60. The van der Waals surface area contributed by atoms with Crippen molar-refractivity contribution in [2.24, 2.45) is 5.92 Å². The van der Waals surface area contributed by atoms with Crippen LogP contribution in [0.4, 0.5) is 9.18 Å². The summed E-state index contributed by atoms with van der Waals surface area (Å²) in [6.07, 6.45) is 2.95. The predicted molar refractivity (Wildman–Crippen MR) is 86.5 cm³/mol. The van der Waals surface area contributed by atoms with Gasteiger partial charge in [-0.05, 0) is 62.1 Å². The zero-order chi connectivity index (χ0) is 16.0. The number of urea groups is 1. The molecule has 0 radical (unpaired) electrons. The largest absolute Gasteiger partial charge is 0.394 e. The maximum Gasteiger partial charge on any atom is 0.315 e. The number of hydrogen-bond acceptors (Lipinski definition) is 3. The minimum Gasteiger partial charge on any atom is -0.394 e. The molecule has 0 aliphatic heterocycles. The molecule has 1 saturated carbocycles. The summed E-state index contributed by atoms with van der Waals surface area (Å²) >= 11 is 1.63. The molecule has 1 fully saturated rings. The highest BCUT2D eigenvalue weighted by Crippen LogP contribution is 2.39. The molecule has 1 aliphatic rings. The Morgan fingerprint density at radius 1 is 1.41 bits per heavy atom. The van der Waals surface area contributed by atoms with Crippen LogP contribution in [0.1, 0.15) is 26.2 Å². The molecule has 1 aliphatic carbocycles. The third-order valence-electron chi connectivity index (χ3n) is 3.89. The summed E-state index contributed by atoms with van der Waals surface area (Å²) in [4.78, 5) is 12.9. The van der Waals surface area contributed by atoms with Crippen LogP contribution in [0.3, 0.4) is 0 Å². The van der Waals surface area contributed by atoms with Crippen molar-refractivity contribution in [1.29, 1.82) is 0 Å². The quantitative estimate of drug-likeness (QED) is 0.508. The second-order valence-electron chi connectivity index (χ2n) is 5.89. The molecule has 0 bridgehead atoms. The van der Waals surface area contributed by atoms with Gasteiger partial charge < -0.3 is 15.7 Å². The standard InChI is InChI=1S/C16H23FN2O2S/c1-16(11-20,12-3-4-12)19-15(21)18-9-2-10-22-14-7-5-13(17)6-8-14/h5-8,12,20H,2-4,9-11H2,1H3,(H2,18,19,21). The first kappa shape index (κ1) is 17.1. The van der Waals surface area contributed by atoms with E-state index in [4.69, 9.17) is 0 Å². The van der Waals surface area contributed by atoms with Crippen LogP contribution >= 0.6 is 11.8 Å². The van der Waals surface area contributed by atoms with Gasteiger partial charge in [-0.2, -0.15) is 0 Å². The highest BCUT2D eigenvalue weighted by atomic mass is 32.2. The van der Waals surface area contributed by atoms with E-state index >= 15 is 0 Å². The second-order valence-corrected chi connectivity index (χ2v) is 7.06. The fourth-order valence-electron chi connectivity index (χ4n) is 2.29. The maximum atomic E-state index is 12.8. The summed E-state index contributed by atoms with van der Waals surface area (Å²) in [5.41, 5.74) is -0.507. The molecule has 1 aromatic carbocycles. The Morgan fingerprint density at radius 3 is 2.68 bits per heavy atom. The molecular formula is C16H23FN2O2S. The van der Waals surface area contributed by atoms with Crippen LogP contribution in [0.25, 0.3) is 0 Å². The SMILES string of the molecule is CC(CO)(NC(=O)NCCCSc1ccc(F)cc1)C1CC1. The molecule has 1 aromatic rings. The summed E-state index contributed by atoms with van der Waals surface area (Å²) < 4.78 is 12.8. The fraction of sp³-hybridized carbons (Fsp3) is 0.562. The number of hydrogen-bond donors (Lipinski definition) is 3. The summed E-state index contributed by atoms with van der Waals surface area (Å²) in [7, 11) is 0. The number of amides is 2. The van der Waals surface area contributed by atoms with E-state index in [-0.39, 0.29) is 18.5 Å². The number of benzene rings is 1. The van der Waals surface area contributed by atoms with Crippen molar-refractivity contribution in [3.8, 4) is 0 Å². The molecule has 6 heteroatoms. The van der Waals surface area contributed by atoms with Gasteiger partial charge in [-0.1, -0.05) is 0 Å². The van der Waals surface area contributed by atoms with Crippen molar-refractivity contribution < 1.29 is 14.3 Å². The maximum absolute atomic E-state index is 12.8. The lowest BCUT2D eigenvalue weighted by atomic mass is 9.97. The Hall–Kier alpha value is -1.27. The summed E-state index contributed by atoms with van der Waals surface area (Å²) in [6.45, 7) is 2.42. The Bertz CT molecular complexity index is 493. The van der Waals surface area contributed by atoms with E-state index in [1.807, 2.05) is 6.92 Å². The Kier molecular flexibility index (Phi) is 6.08. The van der Waals surface area contributed by atoms with Gasteiger partial charge in [0.05, 0.1) is 12.1 Å². The first-order chi connectivity index (χ1) is 10.5. The van der Waals surface area contributed by atoms with Crippen LogP contribution in [0.5, 0.6) is 0 Å². The number of nitrogens with one attached hydrogen (secondary N) is 2. The van der Waals surface area contributed by atoms with Crippen LogP contribution in [0.15, 0.2) is 29.2 Å². The van der Waals surface area contributed by atoms with Crippen LogP contribution in [-0.4, -0.2) is 35.6 Å². The van der Waals surface area contributed by atoms with Gasteiger partial charge in [0.15, 0.2) is 0 Å². The van der Waals surface area contributed by atoms with E-state index in [1.54, 1.807) is 23.9 Å². The van der Waals surface area contributed by atoms with Gasteiger partial charge in [-0.3, -0.25) is 0 Å². The van der Waals surface area contributed by atoms with E-state index in [2.05, 4.69) is 10.6 Å². The molecule has 0 aromatic heterocycles. The normalized spacial score (nSPS) is 16.9. The first-order valence-electron chi connectivity index (χ1n) is 7.59. The van der Waals surface area contributed by atoms with Crippen LogP contribution in [0, 0.1) is 11.7 Å². The smallest absolute Gasteiger partial charge is 0.315 e. The Morgan fingerprint density at radius 2 is 2.09 bits per heavy atom. The zero-order valence-corrected chi connectivity index (χ0v) is 13.6. The predicted octanol–water partition coefficient (Wildman–Crippen LogP) is 2.77. The molecule has 1 unspecified atom stereocenters. The number of carbonyl (C=O) groups is 1. The van der Waals surface area contributed by atoms with Crippen molar-refractivity contribution >= 4 is 17.8 Å². The third kappa shape index (κ3) is 5.18. The number of thioether (sulfide) groups is 1. The lowest BCUT2D eigenvalue weighted by Crippen LogP contribution is -2.54. The highest BCUT2D eigenvalue weighted by Gasteiger charge is 2.42. The molecule has 122 valence electrons. The number of halogens is 1. The van der Waals surface area contributed by atoms with Gasteiger partial charge in [-0.25, -0.2) is 9.18 Å². The minimum atomic E-state index is -0.507. The lowest BCUT2D eigenvalue weighted by Gasteiger charge is -2.28. The average molecular weight is 326 g/mol.